The summed E-state index contributed by atoms with van der Waals surface area (Å²) in [7, 11) is -4.02. The molecule has 0 saturated carbocycles. The lowest BCUT2D eigenvalue weighted by Crippen LogP contribution is -2.51. The van der Waals surface area contributed by atoms with Crippen LogP contribution in [0.15, 0.2) is 66.1 Å². The number of ether oxygens (including phenoxy) is 1. The molecule has 1 heterocycles. The average molecular weight is 450 g/mol. The van der Waals surface area contributed by atoms with Crippen LogP contribution in [0, 0.1) is 40.9 Å². The highest BCUT2D eigenvalue weighted by molar-refractivity contribution is 7.89. The van der Waals surface area contributed by atoms with E-state index in [1.807, 2.05) is 6.92 Å². The van der Waals surface area contributed by atoms with Crippen molar-refractivity contribution < 1.29 is 17.9 Å². The SMILES string of the molecule is C=C[C@@H]1CCN(S(=O)(=O)c2ccc(C)cc2)[C@@H](c2ccc(OC(C)=O)cc2)C1(C#N)C#N. The predicted molar refractivity (Wildman–Crippen MR) is 118 cm³/mol. The number of piperidine rings is 1. The molecule has 3 rings (SSSR count). The van der Waals surface area contributed by atoms with E-state index in [0.29, 0.717) is 5.56 Å². The van der Waals surface area contributed by atoms with Crippen LogP contribution in [0.3, 0.4) is 0 Å². The number of benzene rings is 2. The maximum absolute atomic E-state index is 13.6. The summed E-state index contributed by atoms with van der Waals surface area (Å²) in [5.41, 5.74) is -0.317. The number of aryl methyl sites for hydroxylation is 1. The fourth-order valence-electron chi connectivity index (χ4n) is 4.09. The van der Waals surface area contributed by atoms with Gasteiger partial charge in [-0.25, -0.2) is 8.42 Å². The molecule has 1 aliphatic rings. The first-order chi connectivity index (χ1) is 15.2. The fraction of sp³-hybridized carbons (Fsp3) is 0.292. The highest BCUT2D eigenvalue weighted by Crippen LogP contribution is 2.51. The summed E-state index contributed by atoms with van der Waals surface area (Å²) in [5.74, 6) is -0.737. The third kappa shape index (κ3) is 4.03. The lowest BCUT2D eigenvalue weighted by atomic mass is 9.66. The van der Waals surface area contributed by atoms with E-state index in [9.17, 15) is 23.7 Å². The second kappa shape index (κ2) is 8.96. The Bertz CT molecular complexity index is 1190. The molecule has 0 spiro atoms. The summed E-state index contributed by atoms with van der Waals surface area (Å²) in [6.45, 7) is 7.03. The van der Waals surface area contributed by atoms with E-state index in [1.54, 1.807) is 30.3 Å². The molecule has 0 radical (unpaired) electrons. The van der Waals surface area contributed by atoms with Crippen LogP contribution in [-0.2, 0) is 14.8 Å². The minimum atomic E-state index is -4.02. The van der Waals surface area contributed by atoms with Crippen LogP contribution in [0.2, 0.25) is 0 Å². The maximum Gasteiger partial charge on any atom is 0.308 e. The second-order valence-electron chi connectivity index (χ2n) is 7.72. The van der Waals surface area contributed by atoms with Crippen LogP contribution in [0.1, 0.15) is 30.5 Å². The molecule has 0 amide bonds. The summed E-state index contributed by atoms with van der Waals surface area (Å²) in [6.07, 6.45) is 1.83. The van der Waals surface area contributed by atoms with Gasteiger partial charge in [-0.3, -0.25) is 4.79 Å². The number of carbonyl (C=O) groups is 1. The van der Waals surface area contributed by atoms with Gasteiger partial charge in [0, 0.05) is 19.4 Å². The lowest BCUT2D eigenvalue weighted by Gasteiger charge is -2.45. The highest BCUT2D eigenvalue weighted by Gasteiger charge is 2.55. The van der Waals surface area contributed by atoms with Gasteiger partial charge < -0.3 is 4.74 Å². The van der Waals surface area contributed by atoms with E-state index in [4.69, 9.17) is 4.74 Å². The van der Waals surface area contributed by atoms with Gasteiger partial charge in [0.05, 0.1) is 23.1 Å². The van der Waals surface area contributed by atoms with Gasteiger partial charge in [0.15, 0.2) is 5.41 Å². The van der Waals surface area contributed by atoms with Gasteiger partial charge in [0.25, 0.3) is 0 Å². The zero-order valence-corrected chi connectivity index (χ0v) is 18.7. The molecule has 7 nitrogen and oxygen atoms in total. The number of hydrogen-bond acceptors (Lipinski definition) is 6. The summed E-state index contributed by atoms with van der Waals surface area (Å²) in [6, 6.07) is 15.8. The van der Waals surface area contributed by atoms with Gasteiger partial charge in [0.1, 0.15) is 5.75 Å². The number of rotatable bonds is 5. The Morgan fingerprint density at radius 2 is 1.75 bits per heavy atom. The quantitative estimate of drug-likeness (QED) is 0.389. The first-order valence-electron chi connectivity index (χ1n) is 10.0. The zero-order chi connectivity index (χ0) is 23.5. The van der Waals surface area contributed by atoms with Crippen molar-refractivity contribution in [3.8, 4) is 17.9 Å². The van der Waals surface area contributed by atoms with Crippen LogP contribution in [-0.4, -0.2) is 25.2 Å². The molecule has 1 fully saturated rings. The van der Waals surface area contributed by atoms with Gasteiger partial charge in [-0.05, 0) is 43.2 Å². The second-order valence-corrected chi connectivity index (χ2v) is 9.61. The predicted octanol–water partition coefficient (Wildman–Crippen LogP) is 3.89. The van der Waals surface area contributed by atoms with Crippen molar-refractivity contribution in [2.24, 2.45) is 11.3 Å². The van der Waals surface area contributed by atoms with Crippen LogP contribution in [0.4, 0.5) is 0 Å². The molecule has 0 aliphatic carbocycles. The molecule has 164 valence electrons. The number of allylic oxidation sites excluding steroid dienone is 1. The number of esters is 1. The molecule has 0 aromatic heterocycles. The Morgan fingerprint density at radius 1 is 1.16 bits per heavy atom. The van der Waals surface area contributed by atoms with Crippen molar-refractivity contribution in [2.45, 2.75) is 31.2 Å². The minimum Gasteiger partial charge on any atom is -0.427 e. The topological polar surface area (TPSA) is 111 Å². The molecule has 8 heteroatoms. The largest absolute Gasteiger partial charge is 0.427 e. The number of carbonyl (C=O) groups excluding carboxylic acids is 1. The van der Waals surface area contributed by atoms with Crippen molar-refractivity contribution in [3.63, 3.8) is 0 Å². The van der Waals surface area contributed by atoms with Crippen LogP contribution >= 0.6 is 0 Å². The number of nitriles is 2. The maximum atomic E-state index is 13.6. The molecule has 2 atom stereocenters. The van der Waals surface area contributed by atoms with Crippen molar-refractivity contribution >= 4 is 16.0 Å². The van der Waals surface area contributed by atoms with Gasteiger partial charge in [0.2, 0.25) is 10.0 Å². The Balaban J connectivity index is 2.19. The molecule has 0 bridgehead atoms. The van der Waals surface area contributed by atoms with Crippen molar-refractivity contribution in [2.75, 3.05) is 6.54 Å². The van der Waals surface area contributed by atoms with Crippen LogP contribution < -0.4 is 4.74 Å². The molecule has 2 aromatic carbocycles. The molecule has 1 saturated heterocycles. The third-order valence-corrected chi connectivity index (χ3v) is 7.58. The minimum absolute atomic E-state index is 0.0893. The van der Waals surface area contributed by atoms with E-state index in [0.717, 1.165) is 5.56 Å². The van der Waals surface area contributed by atoms with E-state index >= 15 is 0 Å². The van der Waals surface area contributed by atoms with Gasteiger partial charge in [-0.2, -0.15) is 14.8 Å². The molecule has 32 heavy (non-hydrogen) atoms. The lowest BCUT2D eigenvalue weighted by molar-refractivity contribution is -0.131. The normalized spacial score (nSPS) is 20.5. The van der Waals surface area contributed by atoms with Gasteiger partial charge >= 0.3 is 5.97 Å². The van der Waals surface area contributed by atoms with E-state index in [2.05, 4.69) is 18.7 Å². The molecule has 0 unspecified atom stereocenters. The molecule has 2 aromatic rings. The Labute approximate surface area is 188 Å². The summed E-state index contributed by atoms with van der Waals surface area (Å²) < 4.78 is 33.5. The van der Waals surface area contributed by atoms with Crippen molar-refractivity contribution in [3.05, 3.63) is 72.3 Å². The molecule has 1 aliphatic heterocycles. The van der Waals surface area contributed by atoms with E-state index in [1.165, 1.54) is 35.5 Å². The summed E-state index contributed by atoms with van der Waals surface area (Å²) in [5, 5.41) is 20.3. The zero-order valence-electron chi connectivity index (χ0n) is 17.9. The van der Waals surface area contributed by atoms with Gasteiger partial charge in [-0.15, -0.1) is 6.58 Å². The Kier molecular flexibility index (Phi) is 6.50. The van der Waals surface area contributed by atoms with Crippen molar-refractivity contribution in [1.82, 2.24) is 4.31 Å². The number of hydrogen-bond donors (Lipinski definition) is 0. The van der Waals surface area contributed by atoms with E-state index in [-0.39, 0.29) is 23.6 Å². The summed E-state index contributed by atoms with van der Waals surface area (Å²) in [4.78, 5) is 11.3. The summed E-state index contributed by atoms with van der Waals surface area (Å²) >= 11 is 0. The van der Waals surface area contributed by atoms with E-state index < -0.39 is 33.4 Å². The first-order valence-corrected chi connectivity index (χ1v) is 11.5. The Morgan fingerprint density at radius 3 is 2.25 bits per heavy atom. The number of nitrogens with zero attached hydrogens (tertiary/aromatic N) is 3. The Hall–Kier alpha value is -3.46. The first kappa shape index (κ1) is 23.2. The third-order valence-electron chi connectivity index (χ3n) is 5.70. The van der Waals surface area contributed by atoms with Crippen molar-refractivity contribution in [1.29, 1.82) is 10.5 Å². The standard InChI is InChI=1S/C24H23N3O4S/c1-4-20-13-14-27(32(29,30)22-11-5-17(2)6-12-22)23(24(20,15-25)16-26)19-7-9-21(10-8-19)31-18(3)28/h4-12,20,23H,1,13-14H2,2-3H3/t20-,23+/m1/s1. The molecular formula is C24H23N3O4S. The smallest absolute Gasteiger partial charge is 0.308 e. The van der Waals surface area contributed by atoms with Crippen LogP contribution in [0.5, 0.6) is 5.75 Å². The van der Waals surface area contributed by atoms with Crippen LogP contribution in [0.25, 0.3) is 0 Å². The molecule has 0 N–H and O–H groups in total. The van der Waals surface area contributed by atoms with Gasteiger partial charge in [-0.1, -0.05) is 35.9 Å². The monoisotopic (exact) mass is 449 g/mol. The molecular weight excluding hydrogens is 426 g/mol. The highest BCUT2D eigenvalue weighted by atomic mass is 32.2. The average Bonchev–Trinajstić information content (AvgIpc) is 2.78. The fourth-order valence-corrected chi connectivity index (χ4v) is 5.75. The number of sulfonamides is 1.